The molecular formula is C19H15FN6O2. The lowest BCUT2D eigenvalue weighted by Gasteiger charge is -2.00. The average molecular weight is 378 g/mol. The van der Waals surface area contributed by atoms with Crippen molar-refractivity contribution in [2.45, 2.75) is 13.5 Å². The lowest BCUT2D eigenvalue weighted by Crippen LogP contribution is -2.23. The monoisotopic (exact) mass is 378 g/mol. The quantitative estimate of drug-likeness (QED) is 0.573. The van der Waals surface area contributed by atoms with Crippen LogP contribution in [0.3, 0.4) is 0 Å². The smallest absolute Gasteiger partial charge is 0.316 e. The topological polar surface area (TPSA) is 98.7 Å². The second-order valence-corrected chi connectivity index (χ2v) is 5.98. The van der Waals surface area contributed by atoms with Crippen LogP contribution in [0, 0.1) is 12.7 Å². The minimum atomic E-state index is -0.493. The number of aryl methyl sites for hydroxylation is 1. The number of pyridine rings is 1. The summed E-state index contributed by atoms with van der Waals surface area (Å²) in [6.07, 6.45) is 3.34. The van der Waals surface area contributed by atoms with E-state index < -0.39 is 5.91 Å². The number of carbonyl (C=O) groups is 1. The Morgan fingerprint density at radius 2 is 2.04 bits per heavy atom. The maximum Gasteiger partial charge on any atom is 0.316 e. The molecule has 0 bridgehead atoms. The number of benzene rings is 1. The summed E-state index contributed by atoms with van der Waals surface area (Å²) in [5.41, 5.74) is 2.65. The molecule has 140 valence electrons. The lowest BCUT2D eigenvalue weighted by atomic mass is 10.2. The van der Waals surface area contributed by atoms with Gasteiger partial charge in [-0.15, -0.1) is 0 Å². The number of hydrogen-bond donors (Lipinski definition) is 1. The number of amides is 1. The van der Waals surface area contributed by atoms with Crippen LogP contribution in [-0.2, 0) is 6.54 Å². The Hall–Kier alpha value is -3.88. The van der Waals surface area contributed by atoms with Crippen molar-refractivity contribution >= 4 is 5.91 Å². The van der Waals surface area contributed by atoms with Gasteiger partial charge in [-0.25, -0.2) is 9.07 Å². The van der Waals surface area contributed by atoms with Crippen molar-refractivity contribution in [3.05, 3.63) is 78.0 Å². The predicted octanol–water partition coefficient (Wildman–Crippen LogP) is 2.69. The van der Waals surface area contributed by atoms with Crippen LogP contribution in [0.1, 0.15) is 22.1 Å². The molecule has 3 heterocycles. The van der Waals surface area contributed by atoms with Crippen molar-refractivity contribution in [1.29, 1.82) is 0 Å². The predicted molar refractivity (Wildman–Crippen MR) is 97.0 cm³/mol. The highest BCUT2D eigenvalue weighted by molar-refractivity contribution is 5.89. The van der Waals surface area contributed by atoms with Crippen LogP contribution in [-0.4, -0.2) is 30.8 Å². The maximum atomic E-state index is 13.1. The first kappa shape index (κ1) is 17.5. The summed E-state index contributed by atoms with van der Waals surface area (Å²) in [5.74, 6) is -0.728. The Bertz CT molecular complexity index is 1110. The summed E-state index contributed by atoms with van der Waals surface area (Å²) < 4.78 is 19.8. The molecule has 4 rings (SSSR count). The molecule has 28 heavy (non-hydrogen) atoms. The molecule has 1 amide bonds. The molecule has 0 aliphatic rings. The van der Waals surface area contributed by atoms with Gasteiger partial charge in [-0.3, -0.25) is 9.78 Å². The van der Waals surface area contributed by atoms with Crippen molar-refractivity contribution in [2.24, 2.45) is 0 Å². The van der Waals surface area contributed by atoms with Gasteiger partial charge in [0.1, 0.15) is 5.82 Å². The van der Waals surface area contributed by atoms with E-state index in [9.17, 15) is 9.18 Å². The van der Waals surface area contributed by atoms with E-state index >= 15 is 0 Å². The molecule has 0 fully saturated rings. The van der Waals surface area contributed by atoms with Gasteiger partial charge in [0, 0.05) is 12.4 Å². The second kappa shape index (κ2) is 7.39. The fourth-order valence-electron chi connectivity index (χ4n) is 2.58. The first-order chi connectivity index (χ1) is 13.6. The molecule has 0 spiro atoms. The summed E-state index contributed by atoms with van der Waals surface area (Å²) in [4.78, 5) is 20.5. The van der Waals surface area contributed by atoms with Crippen LogP contribution >= 0.6 is 0 Å². The molecule has 8 nitrogen and oxygen atoms in total. The van der Waals surface area contributed by atoms with Crippen molar-refractivity contribution in [2.75, 3.05) is 0 Å². The molecule has 0 radical (unpaired) electrons. The fourth-order valence-corrected chi connectivity index (χ4v) is 2.58. The number of nitrogens with one attached hydrogen (secondary N) is 1. The molecule has 1 N–H and O–H groups in total. The number of hydrogen-bond acceptors (Lipinski definition) is 6. The highest BCUT2D eigenvalue weighted by atomic mass is 19.1. The van der Waals surface area contributed by atoms with Gasteiger partial charge in [0.05, 0.1) is 29.2 Å². The van der Waals surface area contributed by atoms with E-state index in [4.69, 9.17) is 4.52 Å². The summed E-state index contributed by atoms with van der Waals surface area (Å²) in [5, 5.41) is 10.9. The van der Waals surface area contributed by atoms with Gasteiger partial charge in [0.2, 0.25) is 5.82 Å². The minimum absolute atomic E-state index is 0.153. The number of carbonyl (C=O) groups excluding carboxylic acids is 1. The normalized spacial score (nSPS) is 10.8. The van der Waals surface area contributed by atoms with Gasteiger partial charge in [-0.2, -0.15) is 10.1 Å². The van der Waals surface area contributed by atoms with Crippen LogP contribution in [0.4, 0.5) is 4.39 Å². The fraction of sp³-hybridized carbons (Fsp3) is 0.105. The molecule has 0 saturated carbocycles. The minimum Gasteiger partial charge on any atom is -0.342 e. The van der Waals surface area contributed by atoms with E-state index in [1.54, 1.807) is 48.3 Å². The molecule has 4 aromatic rings. The summed E-state index contributed by atoms with van der Waals surface area (Å²) in [7, 11) is 0. The van der Waals surface area contributed by atoms with Gasteiger partial charge < -0.3 is 9.84 Å². The van der Waals surface area contributed by atoms with Crippen molar-refractivity contribution in [3.63, 3.8) is 0 Å². The molecule has 1 aromatic carbocycles. The third-order valence-corrected chi connectivity index (χ3v) is 4.01. The van der Waals surface area contributed by atoms with E-state index in [1.807, 2.05) is 6.07 Å². The van der Waals surface area contributed by atoms with Gasteiger partial charge in [0.25, 0.3) is 0 Å². The van der Waals surface area contributed by atoms with Crippen LogP contribution in [0.25, 0.3) is 17.1 Å². The zero-order valence-electron chi connectivity index (χ0n) is 14.8. The van der Waals surface area contributed by atoms with Gasteiger partial charge in [-0.1, -0.05) is 11.2 Å². The second-order valence-electron chi connectivity index (χ2n) is 5.98. The van der Waals surface area contributed by atoms with Crippen LogP contribution in [0.15, 0.2) is 59.4 Å². The van der Waals surface area contributed by atoms with Crippen molar-refractivity contribution < 1.29 is 13.7 Å². The number of aromatic nitrogens is 5. The molecule has 0 atom stereocenters. The summed E-state index contributed by atoms with van der Waals surface area (Å²) in [6, 6.07) is 11.4. The van der Waals surface area contributed by atoms with E-state index in [0.29, 0.717) is 22.6 Å². The molecule has 0 saturated heterocycles. The first-order valence-corrected chi connectivity index (χ1v) is 8.44. The van der Waals surface area contributed by atoms with E-state index in [0.717, 1.165) is 0 Å². The van der Waals surface area contributed by atoms with Gasteiger partial charge in [0.15, 0.2) is 0 Å². The largest absolute Gasteiger partial charge is 0.342 e. The molecule has 3 aromatic heterocycles. The number of halogens is 1. The molecule has 9 heteroatoms. The van der Waals surface area contributed by atoms with Crippen molar-refractivity contribution in [1.82, 2.24) is 30.2 Å². The standard InChI is InChI=1S/C19H15FN6O2/c1-12-16(11-26(24-12)15-7-5-13(20)6-8-15)17-23-19(28-25-17)18(27)22-10-14-4-2-3-9-21-14/h2-9,11H,10H2,1H3,(H,22,27). The Kier molecular flexibility index (Phi) is 4.63. The summed E-state index contributed by atoms with van der Waals surface area (Å²) >= 11 is 0. The van der Waals surface area contributed by atoms with E-state index in [1.165, 1.54) is 12.1 Å². The average Bonchev–Trinajstić information content (AvgIpc) is 3.34. The van der Waals surface area contributed by atoms with E-state index in [2.05, 4.69) is 25.5 Å². The number of nitrogens with zero attached hydrogens (tertiary/aromatic N) is 5. The van der Waals surface area contributed by atoms with Crippen molar-refractivity contribution in [3.8, 4) is 17.1 Å². The van der Waals surface area contributed by atoms with Gasteiger partial charge in [-0.05, 0) is 43.3 Å². The van der Waals surface area contributed by atoms with Crippen LogP contribution < -0.4 is 5.32 Å². The first-order valence-electron chi connectivity index (χ1n) is 8.44. The zero-order chi connectivity index (χ0) is 19.5. The molecule has 0 aliphatic carbocycles. The zero-order valence-corrected chi connectivity index (χ0v) is 14.8. The van der Waals surface area contributed by atoms with Gasteiger partial charge >= 0.3 is 11.8 Å². The summed E-state index contributed by atoms with van der Waals surface area (Å²) in [6.45, 7) is 2.03. The van der Waals surface area contributed by atoms with E-state index in [-0.39, 0.29) is 24.1 Å². The van der Waals surface area contributed by atoms with Crippen LogP contribution in [0.2, 0.25) is 0 Å². The Labute approximate surface area is 159 Å². The van der Waals surface area contributed by atoms with Crippen LogP contribution in [0.5, 0.6) is 0 Å². The Morgan fingerprint density at radius 1 is 1.21 bits per heavy atom. The number of rotatable bonds is 5. The maximum absolute atomic E-state index is 13.1. The molecule has 0 unspecified atom stereocenters. The molecular weight excluding hydrogens is 363 g/mol. The molecule has 0 aliphatic heterocycles. The Balaban J connectivity index is 1.51. The lowest BCUT2D eigenvalue weighted by molar-refractivity contribution is 0.0906. The third kappa shape index (κ3) is 3.63. The highest BCUT2D eigenvalue weighted by Gasteiger charge is 2.19. The highest BCUT2D eigenvalue weighted by Crippen LogP contribution is 2.21. The Morgan fingerprint density at radius 3 is 2.79 bits per heavy atom. The SMILES string of the molecule is Cc1nn(-c2ccc(F)cc2)cc1-c1noc(C(=O)NCc2ccccn2)n1. The third-order valence-electron chi connectivity index (χ3n) is 4.01.